The van der Waals surface area contributed by atoms with Crippen molar-refractivity contribution in [2.75, 3.05) is 6.61 Å². The SMILES string of the molecule is C/C=C(N)\C=C/C(NC(=O)c1cc(OCC(C)C)cc(OC(C)C)c1)=C(C)C. The molecule has 0 aliphatic carbocycles. The highest BCUT2D eigenvalue weighted by molar-refractivity contribution is 5.96. The quantitative estimate of drug-likeness (QED) is 0.589. The molecule has 0 fully saturated rings. The van der Waals surface area contributed by atoms with Gasteiger partial charge in [-0.25, -0.2) is 0 Å². The van der Waals surface area contributed by atoms with Crippen LogP contribution < -0.4 is 20.5 Å². The fourth-order valence-electron chi connectivity index (χ4n) is 2.19. The van der Waals surface area contributed by atoms with E-state index in [-0.39, 0.29) is 12.0 Å². The van der Waals surface area contributed by atoms with Gasteiger partial charge in [0.2, 0.25) is 0 Å². The first kappa shape index (κ1) is 23.3. The van der Waals surface area contributed by atoms with Crippen molar-refractivity contribution in [1.82, 2.24) is 5.32 Å². The highest BCUT2D eigenvalue weighted by Gasteiger charge is 2.13. The zero-order valence-electron chi connectivity index (χ0n) is 18.1. The van der Waals surface area contributed by atoms with Crippen LogP contribution in [0.15, 0.2) is 53.4 Å². The van der Waals surface area contributed by atoms with Gasteiger partial charge in [-0.15, -0.1) is 0 Å². The lowest BCUT2D eigenvalue weighted by atomic mass is 10.1. The first-order chi connectivity index (χ1) is 13.1. The normalized spacial score (nSPS) is 11.8. The van der Waals surface area contributed by atoms with E-state index in [1.54, 1.807) is 30.4 Å². The van der Waals surface area contributed by atoms with Gasteiger partial charge >= 0.3 is 0 Å². The highest BCUT2D eigenvalue weighted by Crippen LogP contribution is 2.25. The zero-order valence-corrected chi connectivity index (χ0v) is 18.1. The number of nitrogens with one attached hydrogen (secondary N) is 1. The van der Waals surface area contributed by atoms with Gasteiger partial charge in [-0.3, -0.25) is 4.79 Å². The molecule has 5 nitrogen and oxygen atoms in total. The molecule has 0 unspecified atom stereocenters. The molecule has 5 heteroatoms. The second-order valence-electron chi connectivity index (χ2n) is 7.55. The van der Waals surface area contributed by atoms with Gasteiger partial charge < -0.3 is 20.5 Å². The molecule has 0 saturated carbocycles. The maximum absolute atomic E-state index is 12.9. The molecule has 1 amide bonds. The van der Waals surface area contributed by atoms with Crippen LogP contribution in [-0.4, -0.2) is 18.6 Å². The van der Waals surface area contributed by atoms with Crippen molar-refractivity contribution in [2.24, 2.45) is 11.7 Å². The Hall–Kier alpha value is -2.69. The molecule has 28 heavy (non-hydrogen) atoms. The summed E-state index contributed by atoms with van der Waals surface area (Å²) in [5, 5.41) is 2.94. The lowest BCUT2D eigenvalue weighted by Crippen LogP contribution is -2.23. The van der Waals surface area contributed by atoms with Crippen LogP contribution in [0.25, 0.3) is 0 Å². The minimum Gasteiger partial charge on any atom is -0.493 e. The smallest absolute Gasteiger partial charge is 0.255 e. The summed E-state index contributed by atoms with van der Waals surface area (Å²) in [7, 11) is 0. The number of nitrogens with two attached hydrogens (primary N) is 1. The van der Waals surface area contributed by atoms with Gasteiger partial charge in [-0.2, -0.15) is 0 Å². The summed E-state index contributed by atoms with van der Waals surface area (Å²) in [5.74, 6) is 1.37. The standard InChI is InChI=1S/C23H34N2O3/c1-8-19(24)9-10-22(16(4)5)25-23(26)18-11-20(27-14-15(2)3)13-21(12-18)28-17(6)7/h8-13,15,17H,14,24H2,1-7H3,(H,25,26)/b10-9-,19-8+. The Morgan fingerprint density at radius 1 is 1.11 bits per heavy atom. The van der Waals surface area contributed by atoms with Crippen LogP contribution >= 0.6 is 0 Å². The number of benzene rings is 1. The second kappa shape index (κ2) is 11.2. The topological polar surface area (TPSA) is 73.6 Å². The third kappa shape index (κ3) is 8.33. The molecule has 0 atom stereocenters. The van der Waals surface area contributed by atoms with Crippen molar-refractivity contribution in [3.05, 3.63) is 59.0 Å². The van der Waals surface area contributed by atoms with E-state index in [1.807, 2.05) is 40.7 Å². The van der Waals surface area contributed by atoms with Gasteiger partial charge in [0.25, 0.3) is 5.91 Å². The minimum atomic E-state index is -0.233. The molecule has 0 spiro atoms. The van der Waals surface area contributed by atoms with Gasteiger partial charge in [0, 0.05) is 23.0 Å². The number of carbonyl (C=O) groups excluding carboxylic acids is 1. The zero-order chi connectivity index (χ0) is 21.3. The molecule has 0 saturated heterocycles. The van der Waals surface area contributed by atoms with E-state index in [0.29, 0.717) is 41.0 Å². The van der Waals surface area contributed by atoms with Gasteiger partial charge in [-0.05, 0) is 64.8 Å². The Kier molecular flexibility index (Phi) is 9.36. The fourth-order valence-corrected chi connectivity index (χ4v) is 2.19. The molecule has 3 N–H and O–H groups in total. The van der Waals surface area contributed by atoms with Gasteiger partial charge in [0.15, 0.2) is 0 Å². The number of carbonyl (C=O) groups is 1. The van der Waals surface area contributed by atoms with Crippen LogP contribution in [-0.2, 0) is 0 Å². The maximum Gasteiger partial charge on any atom is 0.255 e. The van der Waals surface area contributed by atoms with Crippen molar-refractivity contribution >= 4 is 5.91 Å². The molecule has 1 aromatic rings. The number of ether oxygens (including phenoxy) is 2. The molecule has 1 rings (SSSR count). The van der Waals surface area contributed by atoms with Crippen molar-refractivity contribution < 1.29 is 14.3 Å². The Morgan fingerprint density at radius 2 is 1.75 bits per heavy atom. The third-order valence-electron chi connectivity index (χ3n) is 3.66. The molecule has 0 aliphatic heterocycles. The molecule has 1 aromatic carbocycles. The molecule has 0 aromatic heterocycles. The number of hydrogen-bond donors (Lipinski definition) is 2. The number of rotatable bonds is 9. The molecule has 0 aliphatic rings. The third-order valence-corrected chi connectivity index (χ3v) is 3.66. The van der Waals surface area contributed by atoms with Crippen molar-refractivity contribution in [1.29, 1.82) is 0 Å². The summed E-state index contributed by atoms with van der Waals surface area (Å²) in [5.41, 5.74) is 8.59. The lowest BCUT2D eigenvalue weighted by molar-refractivity contribution is 0.0965. The Balaban J connectivity index is 3.13. The molecule has 154 valence electrons. The average molecular weight is 387 g/mol. The fraction of sp³-hybridized carbons (Fsp3) is 0.435. The van der Waals surface area contributed by atoms with Crippen LogP contribution in [0, 0.1) is 5.92 Å². The summed E-state index contributed by atoms with van der Waals surface area (Å²) in [6, 6.07) is 5.27. The Bertz CT molecular complexity index is 755. The number of hydrogen-bond acceptors (Lipinski definition) is 4. The van der Waals surface area contributed by atoms with E-state index < -0.39 is 0 Å². The second-order valence-corrected chi connectivity index (χ2v) is 7.55. The van der Waals surface area contributed by atoms with Gasteiger partial charge in [0.1, 0.15) is 11.5 Å². The van der Waals surface area contributed by atoms with E-state index in [1.165, 1.54) is 0 Å². The minimum absolute atomic E-state index is 0.00339. The van der Waals surface area contributed by atoms with Crippen LogP contribution in [0.5, 0.6) is 11.5 Å². The average Bonchev–Trinajstić information content (AvgIpc) is 2.61. The van der Waals surface area contributed by atoms with E-state index in [9.17, 15) is 4.79 Å². The van der Waals surface area contributed by atoms with Crippen LogP contribution in [0.1, 0.15) is 58.8 Å². The number of allylic oxidation sites excluding steroid dienone is 4. The monoisotopic (exact) mass is 386 g/mol. The summed E-state index contributed by atoms with van der Waals surface area (Å²) in [6.45, 7) is 14.3. The summed E-state index contributed by atoms with van der Waals surface area (Å²) in [4.78, 5) is 12.9. The van der Waals surface area contributed by atoms with Crippen LogP contribution in [0.4, 0.5) is 0 Å². The molecular weight excluding hydrogens is 352 g/mol. The highest BCUT2D eigenvalue weighted by atomic mass is 16.5. The number of amides is 1. The predicted molar refractivity (Wildman–Crippen MR) is 115 cm³/mol. The van der Waals surface area contributed by atoms with Crippen molar-refractivity contribution in [2.45, 2.75) is 54.6 Å². The lowest BCUT2D eigenvalue weighted by Gasteiger charge is -2.15. The van der Waals surface area contributed by atoms with Crippen molar-refractivity contribution in [3.63, 3.8) is 0 Å². The van der Waals surface area contributed by atoms with E-state index in [2.05, 4.69) is 19.2 Å². The van der Waals surface area contributed by atoms with E-state index in [4.69, 9.17) is 15.2 Å². The summed E-state index contributed by atoms with van der Waals surface area (Å²) in [6.07, 6.45) is 5.36. The van der Waals surface area contributed by atoms with Gasteiger partial charge in [-0.1, -0.05) is 25.5 Å². The Morgan fingerprint density at radius 3 is 2.29 bits per heavy atom. The summed E-state index contributed by atoms with van der Waals surface area (Å²) < 4.78 is 11.6. The van der Waals surface area contributed by atoms with Crippen LogP contribution in [0.3, 0.4) is 0 Å². The first-order valence-electron chi connectivity index (χ1n) is 9.65. The predicted octanol–water partition coefficient (Wildman–Crippen LogP) is 4.95. The molecule has 0 heterocycles. The largest absolute Gasteiger partial charge is 0.493 e. The Labute approximate surface area is 169 Å². The molecule has 0 bridgehead atoms. The van der Waals surface area contributed by atoms with E-state index in [0.717, 1.165) is 5.57 Å². The summed E-state index contributed by atoms with van der Waals surface area (Å²) >= 11 is 0. The maximum atomic E-state index is 12.9. The first-order valence-corrected chi connectivity index (χ1v) is 9.65. The van der Waals surface area contributed by atoms with Gasteiger partial charge in [0.05, 0.1) is 12.7 Å². The molecule has 0 radical (unpaired) electrons. The van der Waals surface area contributed by atoms with Crippen LogP contribution in [0.2, 0.25) is 0 Å². The van der Waals surface area contributed by atoms with E-state index >= 15 is 0 Å². The molecular formula is C23H34N2O3. The van der Waals surface area contributed by atoms with Crippen molar-refractivity contribution in [3.8, 4) is 11.5 Å².